The van der Waals surface area contributed by atoms with E-state index in [1.54, 1.807) is 10.7 Å². The number of aryl methyl sites for hydroxylation is 1. The molecule has 0 saturated carbocycles. The topological polar surface area (TPSA) is 75.3 Å². The number of carbonyl (C=O) groups is 1. The highest BCUT2D eigenvalue weighted by Crippen LogP contribution is 2.13. The molecule has 18 heavy (non-hydrogen) atoms. The van der Waals surface area contributed by atoms with E-state index in [4.69, 9.17) is 0 Å². The van der Waals surface area contributed by atoms with Gasteiger partial charge in [0.15, 0.2) is 0 Å². The van der Waals surface area contributed by atoms with E-state index in [2.05, 4.69) is 24.4 Å². The van der Waals surface area contributed by atoms with Crippen molar-refractivity contribution >= 4 is 17.0 Å². The number of aromatic carboxylic acids is 1. The number of aromatic nitrogens is 3. The lowest BCUT2D eigenvalue weighted by atomic mass is 10.2. The van der Waals surface area contributed by atoms with Crippen molar-refractivity contribution in [3.8, 4) is 0 Å². The zero-order valence-electron chi connectivity index (χ0n) is 10.5. The van der Waals surface area contributed by atoms with Crippen LogP contribution in [0.25, 0.3) is 11.0 Å². The third kappa shape index (κ3) is 2.65. The molecule has 0 bridgehead atoms. The summed E-state index contributed by atoms with van der Waals surface area (Å²) in [7, 11) is 4.21. The lowest BCUT2D eigenvalue weighted by Crippen LogP contribution is -3.05. The van der Waals surface area contributed by atoms with Gasteiger partial charge in [-0.1, -0.05) is 11.3 Å². The number of carboxylic acid groups (broad SMARTS) is 1. The van der Waals surface area contributed by atoms with Gasteiger partial charge < -0.3 is 14.8 Å². The normalized spacial score (nSPS) is 11.3. The van der Waals surface area contributed by atoms with Gasteiger partial charge in [0.2, 0.25) is 0 Å². The van der Waals surface area contributed by atoms with E-state index in [0.717, 1.165) is 25.0 Å². The molecule has 0 unspecified atom stereocenters. The Morgan fingerprint density at radius 3 is 2.89 bits per heavy atom. The summed E-state index contributed by atoms with van der Waals surface area (Å²) in [6.45, 7) is 1.84. The Balaban J connectivity index is 2.18. The van der Waals surface area contributed by atoms with Gasteiger partial charge in [-0.3, -0.25) is 0 Å². The van der Waals surface area contributed by atoms with Gasteiger partial charge >= 0.3 is 0 Å². The molecule has 96 valence electrons. The summed E-state index contributed by atoms with van der Waals surface area (Å²) in [6.07, 6.45) is 1.00. The molecule has 2 rings (SSSR count). The van der Waals surface area contributed by atoms with Crippen molar-refractivity contribution in [1.82, 2.24) is 15.0 Å². The number of nitrogens with zero attached hydrogens (tertiary/aromatic N) is 3. The summed E-state index contributed by atoms with van der Waals surface area (Å²) in [6, 6.07) is 4.74. The number of fused-ring (bicyclic) bond motifs is 1. The predicted molar refractivity (Wildman–Crippen MR) is 64.2 cm³/mol. The van der Waals surface area contributed by atoms with E-state index in [0.29, 0.717) is 5.52 Å². The summed E-state index contributed by atoms with van der Waals surface area (Å²) in [5, 5.41) is 18.7. The highest BCUT2D eigenvalue weighted by Gasteiger charge is 2.06. The fraction of sp³-hybridized carbons (Fsp3) is 0.417. The standard InChI is InChI=1S/C12H16N4O2/c1-15(2)6-3-7-16-11-5-4-9(12(17)18)8-10(11)13-14-16/h4-5,8H,3,6-7H2,1-2H3,(H,17,18). The Bertz CT molecular complexity index is 562. The molecule has 0 spiro atoms. The zero-order valence-corrected chi connectivity index (χ0v) is 10.5. The van der Waals surface area contributed by atoms with Crippen LogP contribution in [-0.2, 0) is 6.54 Å². The quantitative estimate of drug-likeness (QED) is 0.686. The third-order valence-corrected chi connectivity index (χ3v) is 2.80. The minimum Gasteiger partial charge on any atom is -0.545 e. The molecule has 0 aliphatic rings. The smallest absolute Gasteiger partial charge is 0.113 e. The number of carboxylic acids is 1. The van der Waals surface area contributed by atoms with E-state index in [-0.39, 0.29) is 5.56 Å². The van der Waals surface area contributed by atoms with E-state index in [1.807, 2.05) is 0 Å². The van der Waals surface area contributed by atoms with E-state index in [1.165, 1.54) is 17.0 Å². The SMILES string of the molecule is C[NH+](C)CCCn1nnc2cc(C(=O)[O-])ccc21. The summed E-state index contributed by atoms with van der Waals surface area (Å²) in [4.78, 5) is 12.1. The second kappa shape index (κ2) is 5.14. The molecular formula is C12H16N4O2. The number of rotatable bonds is 5. The molecule has 0 atom stereocenters. The first kappa shape index (κ1) is 12.5. The van der Waals surface area contributed by atoms with Crippen LogP contribution in [0.2, 0.25) is 0 Å². The molecule has 6 nitrogen and oxygen atoms in total. The number of hydrogen-bond acceptors (Lipinski definition) is 4. The minimum absolute atomic E-state index is 0.132. The molecule has 0 aliphatic carbocycles. The van der Waals surface area contributed by atoms with E-state index < -0.39 is 5.97 Å². The van der Waals surface area contributed by atoms with Crippen LogP contribution in [0.15, 0.2) is 18.2 Å². The van der Waals surface area contributed by atoms with Gasteiger partial charge in [-0.2, -0.15) is 0 Å². The highest BCUT2D eigenvalue weighted by atomic mass is 16.4. The van der Waals surface area contributed by atoms with Gasteiger partial charge in [0.1, 0.15) is 5.52 Å². The fourth-order valence-corrected chi connectivity index (χ4v) is 1.85. The lowest BCUT2D eigenvalue weighted by Gasteiger charge is -2.07. The first-order valence-corrected chi connectivity index (χ1v) is 5.91. The molecule has 0 amide bonds. The van der Waals surface area contributed by atoms with Crippen molar-refractivity contribution in [1.29, 1.82) is 0 Å². The zero-order chi connectivity index (χ0) is 13.1. The molecule has 0 saturated heterocycles. The molecule has 0 fully saturated rings. The third-order valence-electron chi connectivity index (χ3n) is 2.80. The Labute approximate surface area is 105 Å². The number of benzene rings is 1. The minimum atomic E-state index is -1.19. The Kier molecular flexibility index (Phi) is 3.57. The maximum Gasteiger partial charge on any atom is 0.113 e. The van der Waals surface area contributed by atoms with Crippen molar-refractivity contribution < 1.29 is 14.8 Å². The molecule has 1 heterocycles. The van der Waals surface area contributed by atoms with Crippen LogP contribution in [0.1, 0.15) is 16.8 Å². The monoisotopic (exact) mass is 248 g/mol. The first-order chi connectivity index (χ1) is 8.58. The van der Waals surface area contributed by atoms with Crippen LogP contribution in [0.5, 0.6) is 0 Å². The molecule has 2 aromatic rings. The second-order valence-electron chi connectivity index (χ2n) is 4.61. The van der Waals surface area contributed by atoms with Crippen molar-refractivity contribution in [2.45, 2.75) is 13.0 Å². The van der Waals surface area contributed by atoms with Gasteiger partial charge in [-0.25, -0.2) is 4.68 Å². The second-order valence-corrected chi connectivity index (χ2v) is 4.61. The predicted octanol–water partition coefficient (Wildman–Crippen LogP) is -1.67. The molecule has 0 aliphatic heterocycles. The van der Waals surface area contributed by atoms with Crippen LogP contribution in [0.3, 0.4) is 0 Å². The molecular weight excluding hydrogens is 232 g/mol. The van der Waals surface area contributed by atoms with Gasteiger partial charge in [-0.15, -0.1) is 5.10 Å². The first-order valence-electron chi connectivity index (χ1n) is 5.91. The molecule has 6 heteroatoms. The van der Waals surface area contributed by atoms with Gasteiger partial charge in [-0.05, 0) is 17.7 Å². The summed E-state index contributed by atoms with van der Waals surface area (Å²) < 4.78 is 1.80. The van der Waals surface area contributed by atoms with E-state index >= 15 is 0 Å². The number of carbonyl (C=O) groups excluding carboxylic acids is 1. The van der Waals surface area contributed by atoms with Crippen molar-refractivity contribution in [2.75, 3.05) is 20.6 Å². The molecule has 1 N–H and O–H groups in total. The summed E-state index contributed by atoms with van der Waals surface area (Å²) in [5.74, 6) is -1.19. The molecule has 1 aromatic carbocycles. The number of quaternary nitrogens is 1. The van der Waals surface area contributed by atoms with Crippen LogP contribution < -0.4 is 10.0 Å². The average Bonchev–Trinajstić information content (AvgIpc) is 2.71. The van der Waals surface area contributed by atoms with Crippen LogP contribution in [0, 0.1) is 0 Å². The summed E-state index contributed by atoms with van der Waals surface area (Å²) in [5.41, 5.74) is 1.58. The number of nitrogens with one attached hydrogen (secondary N) is 1. The van der Waals surface area contributed by atoms with Gasteiger partial charge in [0, 0.05) is 13.0 Å². The van der Waals surface area contributed by atoms with Crippen molar-refractivity contribution in [3.63, 3.8) is 0 Å². The lowest BCUT2D eigenvalue weighted by molar-refractivity contribution is -0.858. The number of hydrogen-bond donors (Lipinski definition) is 1. The van der Waals surface area contributed by atoms with Crippen LogP contribution >= 0.6 is 0 Å². The highest BCUT2D eigenvalue weighted by molar-refractivity contribution is 5.90. The Morgan fingerprint density at radius 1 is 1.44 bits per heavy atom. The van der Waals surface area contributed by atoms with Crippen LogP contribution in [0.4, 0.5) is 0 Å². The van der Waals surface area contributed by atoms with E-state index in [9.17, 15) is 9.90 Å². The van der Waals surface area contributed by atoms with Crippen molar-refractivity contribution in [3.05, 3.63) is 23.8 Å². The van der Waals surface area contributed by atoms with Gasteiger partial charge in [0.25, 0.3) is 0 Å². The fourth-order valence-electron chi connectivity index (χ4n) is 1.85. The molecule has 0 radical (unpaired) electrons. The maximum absolute atomic E-state index is 10.7. The maximum atomic E-state index is 10.7. The summed E-state index contributed by atoms with van der Waals surface area (Å²) >= 11 is 0. The Morgan fingerprint density at radius 2 is 2.22 bits per heavy atom. The van der Waals surface area contributed by atoms with Gasteiger partial charge in [0.05, 0.1) is 32.1 Å². The van der Waals surface area contributed by atoms with Crippen molar-refractivity contribution in [2.24, 2.45) is 0 Å². The Hall–Kier alpha value is -1.95. The van der Waals surface area contributed by atoms with Crippen LogP contribution in [-0.4, -0.2) is 41.6 Å². The molecule has 1 aromatic heterocycles. The average molecular weight is 248 g/mol. The largest absolute Gasteiger partial charge is 0.545 e.